The fourth-order valence-corrected chi connectivity index (χ4v) is 5.26. The lowest BCUT2D eigenvalue weighted by Gasteiger charge is -2.32. The van der Waals surface area contributed by atoms with Crippen molar-refractivity contribution in [3.05, 3.63) is 95.3 Å². The summed E-state index contributed by atoms with van der Waals surface area (Å²) in [7, 11) is -4.25. The fourth-order valence-electron chi connectivity index (χ4n) is 3.65. The lowest BCUT2D eigenvalue weighted by atomic mass is 10.1. The first kappa shape index (κ1) is 28.1. The van der Waals surface area contributed by atoms with E-state index in [1.807, 2.05) is 0 Å². The third-order valence-corrected chi connectivity index (χ3v) is 7.78. The highest BCUT2D eigenvalue weighted by atomic mass is 35.5. The number of carbonyl (C=O) groups excluding carboxylic acids is 2. The van der Waals surface area contributed by atoms with Crippen LogP contribution in [0, 0.1) is 5.82 Å². The van der Waals surface area contributed by atoms with Gasteiger partial charge >= 0.3 is 0 Å². The molecule has 0 fully saturated rings. The molecule has 0 bridgehead atoms. The van der Waals surface area contributed by atoms with Gasteiger partial charge in [-0.25, -0.2) is 12.8 Å². The summed E-state index contributed by atoms with van der Waals surface area (Å²) in [4.78, 5) is 27.7. The number of benzene rings is 3. The summed E-state index contributed by atoms with van der Waals surface area (Å²) in [6.45, 7) is 4.58. The van der Waals surface area contributed by atoms with Crippen LogP contribution in [0.1, 0.15) is 26.3 Å². The smallest absolute Gasteiger partial charge is 0.264 e. The molecule has 0 spiro atoms. The van der Waals surface area contributed by atoms with Crippen LogP contribution in [0.3, 0.4) is 0 Å². The van der Waals surface area contributed by atoms with Crippen molar-refractivity contribution >= 4 is 39.1 Å². The Kier molecular flexibility index (Phi) is 9.29. The van der Waals surface area contributed by atoms with Crippen molar-refractivity contribution in [3.8, 4) is 0 Å². The second-order valence-corrected chi connectivity index (χ2v) is 11.0. The van der Waals surface area contributed by atoms with E-state index in [0.29, 0.717) is 10.6 Å². The van der Waals surface area contributed by atoms with E-state index in [0.717, 1.165) is 28.6 Å². The molecule has 1 N–H and O–H groups in total. The number of para-hydroxylation sites is 1. The van der Waals surface area contributed by atoms with Gasteiger partial charge in [0.25, 0.3) is 10.0 Å². The van der Waals surface area contributed by atoms with Crippen LogP contribution in [0.15, 0.2) is 83.8 Å². The topological polar surface area (TPSA) is 86.8 Å². The fraction of sp³-hybridized carbons (Fsp3) is 0.259. The number of halogens is 2. The van der Waals surface area contributed by atoms with E-state index in [1.54, 1.807) is 75.4 Å². The average Bonchev–Trinajstić information content (AvgIpc) is 2.86. The Labute approximate surface area is 221 Å². The highest BCUT2D eigenvalue weighted by Crippen LogP contribution is 2.25. The molecule has 7 nitrogen and oxygen atoms in total. The van der Waals surface area contributed by atoms with Crippen LogP contribution in [0.2, 0.25) is 5.02 Å². The number of nitrogens with zero attached hydrogens (tertiary/aromatic N) is 2. The van der Waals surface area contributed by atoms with Crippen molar-refractivity contribution < 1.29 is 22.4 Å². The van der Waals surface area contributed by atoms with Gasteiger partial charge in [-0.15, -0.1) is 0 Å². The van der Waals surface area contributed by atoms with Gasteiger partial charge in [0.1, 0.15) is 18.4 Å². The third kappa shape index (κ3) is 7.08. The molecule has 0 saturated carbocycles. The van der Waals surface area contributed by atoms with Crippen LogP contribution in [-0.2, 0) is 26.2 Å². The molecule has 2 amide bonds. The van der Waals surface area contributed by atoms with Gasteiger partial charge in [-0.3, -0.25) is 13.9 Å². The molecule has 0 radical (unpaired) electrons. The number of hydrogen-bond donors (Lipinski definition) is 1. The van der Waals surface area contributed by atoms with Gasteiger partial charge in [0.05, 0.1) is 10.6 Å². The normalized spacial score (nSPS) is 12.2. The van der Waals surface area contributed by atoms with Gasteiger partial charge in [-0.1, -0.05) is 48.0 Å². The number of nitrogens with one attached hydrogen (secondary N) is 1. The first-order valence-electron chi connectivity index (χ1n) is 11.7. The molecule has 37 heavy (non-hydrogen) atoms. The maximum absolute atomic E-state index is 13.7. The van der Waals surface area contributed by atoms with Crippen molar-refractivity contribution in [2.75, 3.05) is 10.8 Å². The Morgan fingerprint density at radius 2 is 1.51 bits per heavy atom. The molecule has 0 aliphatic heterocycles. The van der Waals surface area contributed by atoms with Gasteiger partial charge in [0.2, 0.25) is 11.8 Å². The summed E-state index contributed by atoms with van der Waals surface area (Å²) >= 11 is 6.33. The Morgan fingerprint density at radius 1 is 0.919 bits per heavy atom. The lowest BCUT2D eigenvalue weighted by Crippen LogP contribution is -2.52. The molecule has 1 unspecified atom stereocenters. The molecule has 3 rings (SSSR count). The summed E-state index contributed by atoms with van der Waals surface area (Å²) in [5, 5.41) is 3.20. The summed E-state index contributed by atoms with van der Waals surface area (Å²) in [6.07, 6.45) is 0. The van der Waals surface area contributed by atoms with E-state index < -0.39 is 34.3 Å². The molecule has 3 aromatic carbocycles. The van der Waals surface area contributed by atoms with Gasteiger partial charge in [0.15, 0.2) is 0 Å². The van der Waals surface area contributed by atoms with Crippen molar-refractivity contribution in [1.82, 2.24) is 10.2 Å². The monoisotopic (exact) mass is 545 g/mol. The second kappa shape index (κ2) is 12.2. The molecule has 0 aliphatic rings. The quantitative estimate of drug-likeness (QED) is 0.403. The Morgan fingerprint density at radius 3 is 2.11 bits per heavy atom. The lowest BCUT2D eigenvalue weighted by molar-refractivity contribution is -0.139. The minimum Gasteiger partial charge on any atom is -0.352 e. The molecular weight excluding hydrogens is 517 g/mol. The molecule has 0 aliphatic carbocycles. The zero-order chi connectivity index (χ0) is 27.2. The average molecular weight is 546 g/mol. The van der Waals surface area contributed by atoms with Crippen molar-refractivity contribution in [2.24, 2.45) is 0 Å². The van der Waals surface area contributed by atoms with E-state index in [1.165, 1.54) is 4.90 Å². The Hall–Kier alpha value is -3.43. The predicted octanol–water partition coefficient (Wildman–Crippen LogP) is 4.62. The number of rotatable bonds is 10. The zero-order valence-electron chi connectivity index (χ0n) is 20.8. The predicted molar refractivity (Wildman–Crippen MR) is 142 cm³/mol. The second-order valence-electron chi connectivity index (χ2n) is 8.75. The minimum atomic E-state index is -4.25. The van der Waals surface area contributed by atoms with E-state index in [-0.39, 0.29) is 29.1 Å². The first-order chi connectivity index (χ1) is 17.5. The molecule has 10 heteroatoms. The maximum atomic E-state index is 13.7. The SMILES string of the molecule is CC(C)NC(=O)C(C)N(Cc1ccccc1Cl)C(=O)CN(c1ccccc1)S(=O)(=O)c1ccc(F)cc1. The number of sulfonamides is 1. The van der Waals surface area contributed by atoms with E-state index in [4.69, 9.17) is 11.6 Å². The van der Waals surface area contributed by atoms with Gasteiger partial charge in [0, 0.05) is 17.6 Å². The summed E-state index contributed by atoms with van der Waals surface area (Å²) in [5.41, 5.74) is 0.853. The minimum absolute atomic E-state index is 0.00951. The number of hydrogen-bond acceptors (Lipinski definition) is 4. The number of anilines is 1. The summed E-state index contributed by atoms with van der Waals surface area (Å²) in [5.74, 6) is -1.58. The summed E-state index contributed by atoms with van der Waals surface area (Å²) < 4.78 is 41.6. The van der Waals surface area contributed by atoms with Crippen LogP contribution >= 0.6 is 11.6 Å². The van der Waals surface area contributed by atoms with Crippen molar-refractivity contribution in [3.63, 3.8) is 0 Å². The first-order valence-corrected chi connectivity index (χ1v) is 13.5. The van der Waals surface area contributed by atoms with Crippen LogP contribution in [0.4, 0.5) is 10.1 Å². The van der Waals surface area contributed by atoms with Crippen molar-refractivity contribution in [1.29, 1.82) is 0 Å². The molecule has 0 aromatic heterocycles. The van der Waals surface area contributed by atoms with Gasteiger partial charge in [-0.05, 0) is 68.8 Å². The highest BCUT2D eigenvalue weighted by Gasteiger charge is 2.32. The van der Waals surface area contributed by atoms with Crippen molar-refractivity contribution in [2.45, 2.75) is 44.3 Å². The van der Waals surface area contributed by atoms with E-state index >= 15 is 0 Å². The van der Waals surface area contributed by atoms with Gasteiger partial charge in [-0.2, -0.15) is 0 Å². The molecular formula is C27H29ClFN3O4S. The van der Waals surface area contributed by atoms with Crippen LogP contribution < -0.4 is 9.62 Å². The Bertz CT molecular complexity index is 1340. The Balaban J connectivity index is 2.01. The molecule has 0 heterocycles. The number of carbonyl (C=O) groups is 2. The van der Waals surface area contributed by atoms with Crippen LogP contribution in [0.25, 0.3) is 0 Å². The van der Waals surface area contributed by atoms with Gasteiger partial charge < -0.3 is 10.2 Å². The van der Waals surface area contributed by atoms with E-state index in [9.17, 15) is 22.4 Å². The van der Waals surface area contributed by atoms with Crippen LogP contribution in [-0.4, -0.2) is 43.8 Å². The third-order valence-electron chi connectivity index (χ3n) is 5.62. The number of amides is 2. The molecule has 0 saturated heterocycles. The molecule has 3 aromatic rings. The largest absolute Gasteiger partial charge is 0.352 e. The summed E-state index contributed by atoms with van der Waals surface area (Å²) in [6, 6.07) is 18.3. The van der Waals surface area contributed by atoms with E-state index in [2.05, 4.69) is 5.32 Å². The molecule has 1 atom stereocenters. The molecule has 196 valence electrons. The standard InChI is InChI=1S/C27H29ClFN3O4S/c1-19(2)30-27(34)20(3)31(17-21-9-7-8-12-25(21)28)26(33)18-32(23-10-5-4-6-11-23)37(35,36)24-15-13-22(29)14-16-24/h4-16,19-20H,17-18H2,1-3H3,(H,30,34). The zero-order valence-corrected chi connectivity index (χ0v) is 22.3. The maximum Gasteiger partial charge on any atom is 0.264 e. The van der Waals surface area contributed by atoms with Crippen LogP contribution in [0.5, 0.6) is 0 Å². The highest BCUT2D eigenvalue weighted by molar-refractivity contribution is 7.92.